The average molecular weight is 557 g/mol. The lowest BCUT2D eigenvalue weighted by molar-refractivity contribution is -0.136. The van der Waals surface area contributed by atoms with Crippen LogP contribution in [0.3, 0.4) is 0 Å². The zero-order chi connectivity index (χ0) is 25.1. The predicted molar refractivity (Wildman–Crippen MR) is 139 cm³/mol. The van der Waals surface area contributed by atoms with Gasteiger partial charge in [0.15, 0.2) is 16.3 Å². The molecule has 2 aromatic carbocycles. The molecule has 35 heavy (non-hydrogen) atoms. The molecule has 0 radical (unpaired) electrons. The normalized spacial score (nSPS) is 15.5. The van der Waals surface area contributed by atoms with E-state index in [4.69, 9.17) is 14.2 Å². The SMILES string of the molecule is CCOc1cc(C=c2sc3n(c2=O)C(c2ccccc2)C(C(=O)OC)=C(C)N=3)cc(Br)c1OCC. The molecule has 4 rings (SSSR count). The number of methoxy groups -OCH3 is 1. The lowest BCUT2D eigenvalue weighted by Gasteiger charge is -2.24. The van der Waals surface area contributed by atoms with Crippen molar-refractivity contribution in [1.29, 1.82) is 0 Å². The number of benzene rings is 2. The number of carbonyl (C=O) groups excluding carboxylic acids is 1. The molecule has 9 heteroatoms. The summed E-state index contributed by atoms with van der Waals surface area (Å²) in [5.41, 5.74) is 2.21. The van der Waals surface area contributed by atoms with Crippen molar-refractivity contribution in [2.45, 2.75) is 26.8 Å². The van der Waals surface area contributed by atoms with Gasteiger partial charge in [0.2, 0.25) is 0 Å². The van der Waals surface area contributed by atoms with E-state index in [1.54, 1.807) is 17.6 Å². The van der Waals surface area contributed by atoms with Crippen molar-refractivity contribution >= 4 is 39.3 Å². The van der Waals surface area contributed by atoms with E-state index < -0.39 is 12.0 Å². The second-order valence-corrected chi connectivity index (χ2v) is 9.54. The molecule has 1 aromatic heterocycles. The van der Waals surface area contributed by atoms with Gasteiger partial charge >= 0.3 is 5.97 Å². The number of hydrogen-bond acceptors (Lipinski definition) is 7. The zero-order valence-corrected chi connectivity index (χ0v) is 22.2. The molecule has 0 aliphatic carbocycles. The average Bonchev–Trinajstić information content (AvgIpc) is 3.15. The first-order valence-corrected chi connectivity index (χ1v) is 12.7. The van der Waals surface area contributed by atoms with Crippen LogP contribution in [0.2, 0.25) is 0 Å². The smallest absolute Gasteiger partial charge is 0.338 e. The summed E-state index contributed by atoms with van der Waals surface area (Å²) < 4.78 is 19.3. The van der Waals surface area contributed by atoms with Crippen LogP contribution in [0.25, 0.3) is 6.08 Å². The summed E-state index contributed by atoms with van der Waals surface area (Å²) in [5.74, 6) is 0.704. The summed E-state index contributed by atoms with van der Waals surface area (Å²) in [5, 5.41) is 0. The summed E-state index contributed by atoms with van der Waals surface area (Å²) in [7, 11) is 1.33. The quantitative estimate of drug-likeness (QED) is 0.411. The number of ether oxygens (including phenoxy) is 3. The highest BCUT2D eigenvalue weighted by atomic mass is 79.9. The monoisotopic (exact) mass is 556 g/mol. The van der Waals surface area contributed by atoms with Gasteiger partial charge in [0, 0.05) is 0 Å². The van der Waals surface area contributed by atoms with Crippen molar-refractivity contribution < 1.29 is 19.0 Å². The lowest BCUT2D eigenvalue weighted by atomic mass is 9.96. The van der Waals surface area contributed by atoms with E-state index >= 15 is 0 Å². The fraction of sp³-hybridized carbons (Fsp3) is 0.269. The summed E-state index contributed by atoms with van der Waals surface area (Å²) in [6.45, 7) is 6.55. The molecule has 7 nitrogen and oxygen atoms in total. The summed E-state index contributed by atoms with van der Waals surface area (Å²) in [6, 6.07) is 12.5. The zero-order valence-electron chi connectivity index (χ0n) is 19.8. The van der Waals surface area contributed by atoms with Crippen LogP contribution in [0.1, 0.15) is 37.9 Å². The molecule has 0 amide bonds. The van der Waals surface area contributed by atoms with Crippen molar-refractivity contribution in [3.05, 3.63) is 89.0 Å². The number of rotatable bonds is 7. The van der Waals surface area contributed by atoms with Gasteiger partial charge in [0.1, 0.15) is 0 Å². The highest BCUT2D eigenvalue weighted by Gasteiger charge is 2.32. The van der Waals surface area contributed by atoms with Crippen LogP contribution in [0.15, 0.2) is 68.0 Å². The number of hydrogen-bond donors (Lipinski definition) is 0. The first-order valence-electron chi connectivity index (χ1n) is 11.1. The molecule has 0 fully saturated rings. The summed E-state index contributed by atoms with van der Waals surface area (Å²) in [4.78, 5) is 31.5. The summed E-state index contributed by atoms with van der Waals surface area (Å²) >= 11 is 4.83. The maximum atomic E-state index is 13.7. The highest BCUT2D eigenvalue weighted by Crippen LogP contribution is 2.37. The van der Waals surface area contributed by atoms with Gasteiger partial charge in [0.05, 0.1) is 46.6 Å². The van der Waals surface area contributed by atoms with E-state index in [9.17, 15) is 9.59 Å². The van der Waals surface area contributed by atoms with Crippen LogP contribution in [0, 0.1) is 0 Å². The van der Waals surface area contributed by atoms with Crippen LogP contribution < -0.4 is 24.4 Å². The van der Waals surface area contributed by atoms with Crippen molar-refractivity contribution in [3.63, 3.8) is 0 Å². The molecule has 1 aliphatic heterocycles. The largest absolute Gasteiger partial charge is 0.490 e. The van der Waals surface area contributed by atoms with E-state index in [0.29, 0.717) is 45.3 Å². The Kier molecular flexibility index (Phi) is 7.57. The van der Waals surface area contributed by atoms with Crippen LogP contribution >= 0.6 is 27.3 Å². The van der Waals surface area contributed by atoms with E-state index in [1.165, 1.54) is 18.4 Å². The van der Waals surface area contributed by atoms with Crippen molar-refractivity contribution in [2.24, 2.45) is 4.99 Å². The molecule has 1 unspecified atom stereocenters. The first kappa shape index (κ1) is 24.9. The summed E-state index contributed by atoms with van der Waals surface area (Å²) in [6.07, 6.45) is 1.80. The third-order valence-electron chi connectivity index (χ3n) is 5.46. The number of allylic oxidation sites excluding steroid dienone is 1. The van der Waals surface area contributed by atoms with E-state index in [1.807, 2.05) is 56.3 Å². The van der Waals surface area contributed by atoms with Gasteiger partial charge in [-0.05, 0) is 66.0 Å². The number of fused-ring (bicyclic) bond motifs is 1. The van der Waals surface area contributed by atoms with Crippen LogP contribution in [-0.2, 0) is 9.53 Å². The third kappa shape index (κ3) is 4.83. The van der Waals surface area contributed by atoms with Gasteiger partial charge in [0.25, 0.3) is 5.56 Å². The van der Waals surface area contributed by atoms with Crippen molar-refractivity contribution in [3.8, 4) is 11.5 Å². The molecule has 3 aromatic rings. The first-order chi connectivity index (χ1) is 16.9. The second-order valence-electron chi connectivity index (χ2n) is 7.68. The number of thiazole rings is 1. The molecule has 2 heterocycles. The molecular weight excluding hydrogens is 532 g/mol. The molecule has 1 aliphatic rings. The Balaban J connectivity index is 1.92. The minimum absolute atomic E-state index is 0.237. The third-order valence-corrected chi connectivity index (χ3v) is 7.03. The Morgan fingerprint density at radius 2 is 1.89 bits per heavy atom. The van der Waals surface area contributed by atoms with E-state index in [-0.39, 0.29) is 5.56 Å². The Labute approximate surface area is 215 Å². The fourth-order valence-corrected chi connectivity index (χ4v) is 5.63. The standard InChI is InChI=1S/C26H25BrN2O5S/c1-5-33-19-13-16(12-18(27)23(19)34-6-2)14-20-24(30)29-22(17-10-8-7-9-11-17)21(25(31)32-4)15(3)28-26(29)35-20/h7-14,22H,5-6H2,1-4H3. The molecule has 0 N–H and O–H groups in total. The molecule has 0 bridgehead atoms. The minimum Gasteiger partial charge on any atom is -0.490 e. The number of halogens is 1. The second kappa shape index (κ2) is 10.6. The van der Waals surface area contributed by atoms with Crippen LogP contribution in [-0.4, -0.2) is 30.9 Å². The van der Waals surface area contributed by atoms with E-state index in [0.717, 1.165) is 15.6 Å². The van der Waals surface area contributed by atoms with E-state index in [2.05, 4.69) is 20.9 Å². The molecule has 182 valence electrons. The van der Waals surface area contributed by atoms with Crippen molar-refractivity contribution in [1.82, 2.24) is 4.57 Å². The molecule has 1 atom stereocenters. The topological polar surface area (TPSA) is 79.1 Å². The number of esters is 1. The Morgan fingerprint density at radius 1 is 1.17 bits per heavy atom. The lowest BCUT2D eigenvalue weighted by Crippen LogP contribution is -2.39. The van der Waals surface area contributed by atoms with Gasteiger partial charge in [-0.25, -0.2) is 9.79 Å². The number of nitrogens with zero attached hydrogens (tertiary/aromatic N) is 2. The Bertz CT molecular complexity index is 1470. The van der Waals surface area contributed by atoms with Gasteiger partial charge in [-0.15, -0.1) is 0 Å². The number of carbonyl (C=O) groups is 1. The number of aromatic nitrogens is 1. The molecule has 0 saturated carbocycles. The van der Waals surface area contributed by atoms with Gasteiger partial charge < -0.3 is 14.2 Å². The van der Waals surface area contributed by atoms with Crippen LogP contribution in [0.5, 0.6) is 11.5 Å². The predicted octanol–water partition coefficient (Wildman–Crippen LogP) is 3.97. The Morgan fingerprint density at radius 3 is 2.54 bits per heavy atom. The maximum Gasteiger partial charge on any atom is 0.338 e. The van der Waals surface area contributed by atoms with Crippen molar-refractivity contribution in [2.75, 3.05) is 20.3 Å². The maximum absolute atomic E-state index is 13.7. The Hall–Kier alpha value is -3.17. The molecule has 0 spiro atoms. The minimum atomic E-state index is -0.631. The molecule has 0 saturated heterocycles. The van der Waals surface area contributed by atoms with Crippen LogP contribution in [0.4, 0.5) is 0 Å². The van der Waals surface area contributed by atoms with Gasteiger partial charge in [-0.1, -0.05) is 41.7 Å². The highest BCUT2D eigenvalue weighted by molar-refractivity contribution is 9.10. The fourth-order valence-electron chi connectivity index (χ4n) is 4.01. The van der Waals surface area contributed by atoms with Gasteiger partial charge in [-0.3, -0.25) is 9.36 Å². The molecular formula is C26H25BrN2O5S. The van der Waals surface area contributed by atoms with Gasteiger partial charge in [-0.2, -0.15) is 0 Å².